The van der Waals surface area contributed by atoms with E-state index >= 15 is 0 Å². The molecular formula is C13H18ClNO2. The monoisotopic (exact) mass is 255 g/mol. The van der Waals surface area contributed by atoms with Crippen molar-refractivity contribution in [3.05, 3.63) is 29.3 Å². The summed E-state index contributed by atoms with van der Waals surface area (Å²) in [4.78, 5) is 12.7. The van der Waals surface area contributed by atoms with Gasteiger partial charge in [-0.05, 0) is 24.6 Å². The maximum absolute atomic E-state index is 10.6. The number of aliphatic carboxylic acids is 1. The van der Waals surface area contributed by atoms with Crippen LogP contribution in [0, 0.1) is 0 Å². The van der Waals surface area contributed by atoms with Crippen LogP contribution in [0.4, 0.5) is 5.69 Å². The van der Waals surface area contributed by atoms with E-state index in [0.29, 0.717) is 11.6 Å². The molecule has 0 amide bonds. The average molecular weight is 256 g/mol. The van der Waals surface area contributed by atoms with E-state index in [0.717, 1.165) is 25.1 Å². The van der Waals surface area contributed by atoms with Crippen molar-refractivity contribution >= 4 is 23.3 Å². The molecule has 0 spiro atoms. The number of hydrogen-bond acceptors (Lipinski definition) is 2. The Morgan fingerprint density at radius 3 is 2.76 bits per heavy atom. The van der Waals surface area contributed by atoms with Crippen molar-refractivity contribution in [1.29, 1.82) is 0 Å². The predicted octanol–water partition coefficient (Wildman–Crippen LogP) is 3.42. The number of benzene rings is 1. The summed E-state index contributed by atoms with van der Waals surface area (Å²) in [5.74, 6) is -0.770. The van der Waals surface area contributed by atoms with E-state index in [9.17, 15) is 4.79 Å². The Balaban J connectivity index is 2.70. The SMILES string of the molecule is CCCCN(CCC(=O)O)c1cccc(Cl)c1. The zero-order chi connectivity index (χ0) is 12.7. The highest BCUT2D eigenvalue weighted by Gasteiger charge is 2.08. The van der Waals surface area contributed by atoms with Gasteiger partial charge in [-0.3, -0.25) is 4.79 Å². The fraction of sp³-hybridized carbons (Fsp3) is 0.462. The third-order valence-corrected chi connectivity index (χ3v) is 2.79. The van der Waals surface area contributed by atoms with Gasteiger partial charge in [0.2, 0.25) is 0 Å². The number of carboxylic acid groups (broad SMARTS) is 1. The third-order valence-electron chi connectivity index (χ3n) is 2.55. The summed E-state index contributed by atoms with van der Waals surface area (Å²) in [6.07, 6.45) is 2.28. The average Bonchev–Trinajstić information content (AvgIpc) is 2.29. The number of halogens is 1. The quantitative estimate of drug-likeness (QED) is 0.812. The molecule has 1 N–H and O–H groups in total. The minimum Gasteiger partial charge on any atom is -0.481 e. The molecule has 0 bridgehead atoms. The van der Waals surface area contributed by atoms with Crippen molar-refractivity contribution in [2.24, 2.45) is 0 Å². The van der Waals surface area contributed by atoms with E-state index < -0.39 is 5.97 Å². The number of carboxylic acids is 1. The zero-order valence-corrected chi connectivity index (χ0v) is 10.8. The molecule has 0 aromatic heterocycles. The number of hydrogen-bond donors (Lipinski definition) is 1. The minimum atomic E-state index is -0.770. The van der Waals surface area contributed by atoms with Crippen LogP contribution in [0.5, 0.6) is 0 Å². The lowest BCUT2D eigenvalue weighted by molar-refractivity contribution is -0.136. The van der Waals surface area contributed by atoms with Gasteiger partial charge in [0, 0.05) is 23.8 Å². The van der Waals surface area contributed by atoms with Crippen LogP contribution in [0.2, 0.25) is 5.02 Å². The molecule has 0 saturated heterocycles. The van der Waals surface area contributed by atoms with Crippen molar-refractivity contribution in [1.82, 2.24) is 0 Å². The molecule has 0 unspecified atom stereocenters. The van der Waals surface area contributed by atoms with Crippen LogP contribution < -0.4 is 4.90 Å². The molecule has 1 aromatic carbocycles. The highest BCUT2D eigenvalue weighted by atomic mass is 35.5. The van der Waals surface area contributed by atoms with Gasteiger partial charge in [-0.1, -0.05) is 31.0 Å². The second kappa shape index (κ2) is 7.17. The van der Waals surface area contributed by atoms with Gasteiger partial charge in [0.05, 0.1) is 6.42 Å². The predicted molar refractivity (Wildman–Crippen MR) is 70.8 cm³/mol. The first-order valence-corrected chi connectivity index (χ1v) is 6.23. The lowest BCUT2D eigenvalue weighted by atomic mass is 10.2. The summed E-state index contributed by atoms with van der Waals surface area (Å²) in [7, 11) is 0. The van der Waals surface area contributed by atoms with Crippen molar-refractivity contribution in [2.75, 3.05) is 18.0 Å². The largest absolute Gasteiger partial charge is 0.481 e. The summed E-state index contributed by atoms with van der Waals surface area (Å²) < 4.78 is 0. The Labute approximate surface area is 107 Å². The Bertz CT molecular complexity index is 368. The lowest BCUT2D eigenvalue weighted by Crippen LogP contribution is -2.27. The second-order valence-corrected chi connectivity index (χ2v) is 4.40. The Morgan fingerprint density at radius 1 is 1.41 bits per heavy atom. The molecule has 0 atom stereocenters. The van der Waals surface area contributed by atoms with E-state index in [1.54, 1.807) is 0 Å². The summed E-state index contributed by atoms with van der Waals surface area (Å²) in [5, 5.41) is 9.42. The molecule has 0 aliphatic carbocycles. The van der Waals surface area contributed by atoms with Crippen molar-refractivity contribution < 1.29 is 9.90 Å². The van der Waals surface area contributed by atoms with Crippen molar-refractivity contribution in [3.8, 4) is 0 Å². The summed E-state index contributed by atoms with van der Waals surface area (Å²) in [5.41, 5.74) is 0.993. The van der Waals surface area contributed by atoms with Gasteiger partial charge < -0.3 is 10.0 Å². The molecule has 0 fully saturated rings. The third kappa shape index (κ3) is 5.09. The number of unbranched alkanes of at least 4 members (excludes halogenated alkanes) is 1. The number of anilines is 1. The first-order valence-electron chi connectivity index (χ1n) is 5.85. The minimum absolute atomic E-state index is 0.149. The maximum Gasteiger partial charge on any atom is 0.305 e. The molecule has 0 aliphatic heterocycles. The van der Waals surface area contributed by atoms with Crippen LogP contribution in [-0.2, 0) is 4.79 Å². The van der Waals surface area contributed by atoms with Crippen LogP contribution in [0.1, 0.15) is 26.2 Å². The molecular weight excluding hydrogens is 238 g/mol. The van der Waals surface area contributed by atoms with Gasteiger partial charge in [-0.25, -0.2) is 0 Å². The fourth-order valence-electron chi connectivity index (χ4n) is 1.62. The summed E-state index contributed by atoms with van der Waals surface area (Å²) >= 11 is 5.94. The van der Waals surface area contributed by atoms with Crippen LogP contribution in [-0.4, -0.2) is 24.2 Å². The van der Waals surface area contributed by atoms with Crippen molar-refractivity contribution in [2.45, 2.75) is 26.2 Å². The fourth-order valence-corrected chi connectivity index (χ4v) is 1.81. The number of nitrogens with zero attached hydrogens (tertiary/aromatic N) is 1. The molecule has 0 radical (unpaired) electrons. The van der Waals surface area contributed by atoms with Gasteiger partial charge in [0.15, 0.2) is 0 Å². The van der Waals surface area contributed by atoms with E-state index in [-0.39, 0.29) is 6.42 Å². The molecule has 17 heavy (non-hydrogen) atoms. The van der Waals surface area contributed by atoms with E-state index in [1.807, 2.05) is 24.3 Å². The van der Waals surface area contributed by atoms with Crippen LogP contribution >= 0.6 is 11.6 Å². The smallest absolute Gasteiger partial charge is 0.305 e. The van der Waals surface area contributed by atoms with E-state index in [4.69, 9.17) is 16.7 Å². The lowest BCUT2D eigenvalue weighted by Gasteiger charge is -2.24. The molecule has 0 saturated carbocycles. The number of rotatable bonds is 7. The normalized spacial score (nSPS) is 10.2. The molecule has 1 rings (SSSR count). The van der Waals surface area contributed by atoms with Gasteiger partial charge in [-0.2, -0.15) is 0 Å². The van der Waals surface area contributed by atoms with Gasteiger partial charge in [0.1, 0.15) is 0 Å². The van der Waals surface area contributed by atoms with Gasteiger partial charge in [-0.15, -0.1) is 0 Å². The molecule has 0 aliphatic rings. The molecule has 0 heterocycles. The first-order chi connectivity index (χ1) is 8.13. The molecule has 4 heteroatoms. The Hall–Kier alpha value is -1.22. The summed E-state index contributed by atoms with van der Waals surface area (Å²) in [6.45, 7) is 3.51. The van der Waals surface area contributed by atoms with Crippen molar-refractivity contribution in [3.63, 3.8) is 0 Å². The standard InChI is InChI=1S/C13H18ClNO2/c1-2-3-8-15(9-7-13(16)17)12-6-4-5-11(14)10-12/h4-6,10H,2-3,7-9H2,1H3,(H,16,17). The van der Waals surface area contributed by atoms with Gasteiger partial charge >= 0.3 is 5.97 Å². The maximum atomic E-state index is 10.6. The van der Waals surface area contributed by atoms with Gasteiger partial charge in [0.25, 0.3) is 0 Å². The molecule has 3 nitrogen and oxygen atoms in total. The van der Waals surface area contributed by atoms with E-state index in [1.165, 1.54) is 0 Å². The summed E-state index contributed by atoms with van der Waals surface area (Å²) in [6, 6.07) is 7.54. The molecule has 1 aromatic rings. The Morgan fingerprint density at radius 2 is 2.18 bits per heavy atom. The van der Waals surface area contributed by atoms with Crippen LogP contribution in [0.25, 0.3) is 0 Å². The topological polar surface area (TPSA) is 40.5 Å². The van der Waals surface area contributed by atoms with Crippen LogP contribution in [0.3, 0.4) is 0 Å². The van der Waals surface area contributed by atoms with Crippen LogP contribution in [0.15, 0.2) is 24.3 Å². The Kier molecular flexibility index (Phi) is 5.84. The zero-order valence-electron chi connectivity index (χ0n) is 10.0. The highest BCUT2D eigenvalue weighted by molar-refractivity contribution is 6.30. The highest BCUT2D eigenvalue weighted by Crippen LogP contribution is 2.20. The second-order valence-electron chi connectivity index (χ2n) is 3.96. The first kappa shape index (κ1) is 13.8. The van der Waals surface area contributed by atoms with E-state index in [2.05, 4.69) is 11.8 Å². The number of carbonyl (C=O) groups is 1. The molecule has 94 valence electrons.